The number of nitrogens with zero attached hydrogens (tertiary/aromatic N) is 3. The molecular formula is C17H23N4O3+. The number of piperazine rings is 1. The second kappa shape index (κ2) is 7.00. The van der Waals surface area contributed by atoms with Crippen LogP contribution < -0.4 is 9.80 Å². The molecule has 2 fully saturated rings. The molecule has 0 spiro atoms. The van der Waals surface area contributed by atoms with Crippen molar-refractivity contribution in [2.24, 2.45) is 0 Å². The van der Waals surface area contributed by atoms with Crippen LogP contribution in [0.15, 0.2) is 30.3 Å². The third kappa shape index (κ3) is 3.12. The molecular weight excluding hydrogens is 308 g/mol. The number of carbonyl (C=O) groups excluding carboxylic acids is 3. The van der Waals surface area contributed by atoms with Gasteiger partial charge in [-0.25, -0.2) is 9.69 Å². The van der Waals surface area contributed by atoms with Crippen LogP contribution in [-0.4, -0.2) is 67.0 Å². The van der Waals surface area contributed by atoms with Gasteiger partial charge in [0.25, 0.3) is 0 Å². The van der Waals surface area contributed by atoms with Gasteiger partial charge in [-0.3, -0.25) is 14.5 Å². The van der Waals surface area contributed by atoms with E-state index in [9.17, 15) is 14.4 Å². The number of para-hydroxylation sites is 1. The average Bonchev–Trinajstić information content (AvgIpc) is 2.81. The number of anilines is 1. The summed E-state index contributed by atoms with van der Waals surface area (Å²) in [5.74, 6) is -1.38. The molecule has 2 saturated heterocycles. The smallest absolute Gasteiger partial charge is 0.338 e. The van der Waals surface area contributed by atoms with Gasteiger partial charge >= 0.3 is 17.8 Å². The Morgan fingerprint density at radius 2 is 1.58 bits per heavy atom. The van der Waals surface area contributed by atoms with Gasteiger partial charge in [0, 0.05) is 12.2 Å². The largest absolute Gasteiger partial charge is 0.360 e. The summed E-state index contributed by atoms with van der Waals surface area (Å²) < 4.78 is 0. The first-order valence-electron chi connectivity index (χ1n) is 8.42. The van der Waals surface area contributed by atoms with E-state index >= 15 is 0 Å². The van der Waals surface area contributed by atoms with Crippen molar-refractivity contribution in [1.29, 1.82) is 0 Å². The van der Waals surface area contributed by atoms with Gasteiger partial charge in [0.2, 0.25) is 0 Å². The lowest BCUT2D eigenvalue weighted by atomic mass is 10.2. The van der Waals surface area contributed by atoms with Crippen molar-refractivity contribution in [2.75, 3.05) is 44.3 Å². The SMILES string of the molecule is CCCN1C(=O)C(=O)N(C[NH+]2CCN(c3ccccc3)CC2)C1=O. The number of carbonyl (C=O) groups is 3. The first-order chi connectivity index (χ1) is 11.6. The van der Waals surface area contributed by atoms with Gasteiger partial charge in [0.05, 0.1) is 26.2 Å². The Morgan fingerprint density at radius 1 is 0.958 bits per heavy atom. The summed E-state index contributed by atoms with van der Waals surface area (Å²) >= 11 is 0. The van der Waals surface area contributed by atoms with E-state index in [1.165, 1.54) is 5.69 Å². The molecule has 0 bridgehead atoms. The van der Waals surface area contributed by atoms with Crippen LogP contribution in [0.5, 0.6) is 0 Å². The fourth-order valence-electron chi connectivity index (χ4n) is 3.21. The van der Waals surface area contributed by atoms with E-state index < -0.39 is 17.8 Å². The minimum atomic E-state index is -0.691. The Balaban J connectivity index is 1.57. The fourth-order valence-corrected chi connectivity index (χ4v) is 3.21. The summed E-state index contributed by atoms with van der Waals surface area (Å²) in [5.41, 5.74) is 1.19. The Labute approximate surface area is 141 Å². The maximum absolute atomic E-state index is 12.3. The van der Waals surface area contributed by atoms with Crippen molar-refractivity contribution in [3.63, 3.8) is 0 Å². The normalized spacial score (nSPS) is 19.5. The zero-order valence-corrected chi connectivity index (χ0v) is 13.9. The number of hydrogen-bond acceptors (Lipinski definition) is 4. The molecule has 0 aromatic heterocycles. The van der Waals surface area contributed by atoms with Gasteiger partial charge in [-0.15, -0.1) is 0 Å². The van der Waals surface area contributed by atoms with Crippen LogP contribution in [0, 0.1) is 0 Å². The average molecular weight is 331 g/mol. The Morgan fingerprint density at radius 3 is 2.21 bits per heavy atom. The van der Waals surface area contributed by atoms with Crippen LogP contribution >= 0.6 is 0 Å². The molecule has 128 valence electrons. The molecule has 4 amide bonds. The van der Waals surface area contributed by atoms with Crippen LogP contribution in [0.3, 0.4) is 0 Å². The molecule has 2 heterocycles. The van der Waals surface area contributed by atoms with E-state index in [0.717, 1.165) is 40.9 Å². The molecule has 0 radical (unpaired) electrons. The minimum Gasteiger partial charge on any atom is -0.360 e. The van der Waals surface area contributed by atoms with Crippen molar-refractivity contribution < 1.29 is 19.3 Å². The molecule has 1 N–H and O–H groups in total. The highest BCUT2D eigenvalue weighted by molar-refractivity contribution is 6.44. The lowest BCUT2D eigenvalue weighted by molar-refractivity contribution is -0.907. The van der Waals surface area contributed by atoms with E-state index in [0.29, 0.717) is 13.0 Å². The van der Waals surface area contributed by atoms with Crippen molar-refractivity contribution >= 4 is 23.5 Å². The zero-order valence-electron chi connectivity index (χ0n) is 13.9. The first-order valence-corrected chi connectivity index (χ1v) is 8.42. The topological polar surface area (TPSA) is 65.4 Å². The number of hydrogen-bond donors (Lipinski definition) is 1. The molecule has 1 aromatic carbocycles. The number of rotatable bonds is 5. The van der Waals surface area contributed by atoms with Crippen molar-refractivity contribution in [3.05, 3.63) is 30.3 Å². The quantitative estimate of drug-likeness (QED) is 0.586. The maximum atomic E-state index is 12.3. The Kier molecular flexibility index (Phi) is 4.80. The van der Waals surface area contributed by atoms with Gasteiger partial charge in [0.1, 0.15) is 0 Å². The summed E-state index contributed by atoms with van der Waals surface area (Å²) in [4.78, 5) is 41.8. The van der Waals surface area contributed by atoms with E-state index in [-0.39, 0.29) is 6.67 Å². The Bertz CT molecular complexity index is 626. The van der Waals surface area contributed by atoms with Crippen LogP contribution in [0.1, 0.15) is 13.3 Å². The third-order valence-electron chi connectivity index (χ3n) is 4.56. The Hall–Kier alpha value is -2.41. The summed E-state index contributed by atoms with van der Waals surface area (Å²) in [6.07, 6.45) is 0.654. The van der Waals surface area contributed by atoms with Gasteiger partial charge in [-0.05, 0) is 18.6 Å². The molecule has 0 atom stereocenters. The second-order valence-corrected chi connectivity index (χ2v) is 6.20. The standard InChI is InChI=1S/C17H22N4O3/c1-2-8-20-15(22)16(23)21(17(20)24)13-18-9-11-19(12-10-18)14-6-4-3-5-7-14/h3-7H,2,8-13H2,1H3/p+1. The minimum absolute atomic E-state index is 0.270. The molecule has 0 unspecified atom stereocenters. The fraction of sp³-hybridized carbons (Fsp3) is 0.471. The number of imide groups is 2. The molecule has 7 nitrogen and oxygen atoms in total. The van der Waals surface area contributed by atoms with Crippen molar-refractivity contribution in [2.45, 2.75) is 13.3 Å². The molecule has 2 aliphatic rings. The van der Waals surface area contributed by atoms with Gasteiger partial charge in [-0.2, -0.15) is 0 Å². The zero-order chi connectivity index (χ0) is 17.1. The van der Waals surface area contributed by atoms with Gasteiger partial charge in [-0.1, -0.05) is 25.1 Å². The van der Waals surface area contributed by atoms with E-state index in [1.54, 1.807) is 0 Å². The maximum Gasteiger partial charge on any atom is 0.338 e. The number of amides is 4. The lowest BCUT2D eigenvalue weighted by Crippen LogP contribution is -3.16. The van der Waals surface area contributed by atoms with E-state index in [2.05, 4.69) is 17.0 Å². The molecule has 0 aliphatic carbocycles. The van der Waals surface area contributed by atoms with Crippen LogP contribution in [0.4, 0.5) is 10.5 Å². The molecule has 24 heavy (non-hydrogen) atoms. The van der Waals surface area contributed by atoms with Crippen LogP contribution in [0.25, 0.3) is 0 Å². The van der Waals surface area contributed by atoms with Crippen LogP contribution in [0.2, 0.25) is 0 Å². The summed E-state index contributed by atoms with van der Waals surface area (Å²) in [6.45, 7) is 5.83. The van der Waals surface area contributed by atoms with Crippen molar-refractivity contribution in [3.8, 4) is 0 Å². The summed E-state index contributed by atoms with van der Waals surface area (Å²) in [5, 5.41) is 0. The molecule has 0 saturated carbocycles. The lowest BCUT2D eigenvalue weighted by Gasteiger charge is -2.34. The molecule has 1 aromatic rings. The monoisotopic (exact) mass is 331 g/mol. The van der Waals surface area contributed by atoms with Gasteiger partial charge < -0.3 is 9.80 Å². The highest BCUT2D eigenvalue weighted by Gasteiger charge is 2.45. The van der Waals surface area contributed by atoms with Gasteiger partial charge in [0.15, 0.2) is 6.67 Å². The second-order valence-electron chi connectivity index (χ2n) is 6.20. The number of nitrogens with one attached hydrogen (secondary N) is 1. The van der Waals surface area contributed by atoms with E-state index in [4.69, 9.17) is 0 Å². The summed E-state index contributed by atoms with van der Waals surface area (Å²) in [6, 6.07) is 9.73. The molecule has 7 heteroatoms. The third-order valence-corrected chi connectivity index (χ3v) is 4.56. The highest BCUT2D eigenvalue weighted by Crippen LogP contribution is 2.13. The predicted molar refractivity (Wildman–Crippen MR) is 88.5 cm³/mol. The first kappa shape index (κ1) is 16.4. The number of quaternary nitrogens is 1. The van der Waals surface area contributed by atoms with Crippen molar-refractivity contribution in [1.82, 2.24) is 9.80 Å². The predicted octanol–water partition coefficient (Wildman–Crippen LogP) is -0.450. The number of urea groups is 1. The number of benzene rings is 1. The van der Waals surface area contributed by atoms with Crippen LogP contribution in [-0.2, 0) is 9.59 Å². The highest BCUT2D eigenvalue weighted by atomic mass is 16.2. The molecule has 2 aliphatic heterocycles. The summed E-state index contributed by atoms with van der Waals surface area (Å²) in [7, 11) is 0. The molecule has 3 rings (SSSR count). The van der Waals surface area contributed by atoms with E-state index in [1.807, 2.05) is 25.1 Å².